The lowest BCUT2D eigenvalue weighted by Crippen LogP contribution is -2.28. The molecule has 0 saturated carbocycles. The molecule has 20 heavy (non-hydrogen) atoms. The van der Waals surface area contributed by atoms with E-state index in [-0.39, 0.29) is 5.91 Å². The first kappa shape index (κ1) is 19.3. The fourth-order valence-electron chi connectivity index (χ4n) is 1.31. The van der Waals surface area contributed by atoms with Crippen LogP contribution in [0, 0.1) is 0 Å². The summed E-state index contributed by atoms with van der Waals surface area (Å²) in [5.41, 5.74) is 5.28. The van der Waals surface area contributed by atoms with Crippen molar-refractivity contribution in [2.24, 2.45) is 5.73 Å². The maximum atomic E-state index is 10.9. The first-order chi connectivity index (χ1) is 9.81. The van der Waals surface area contributed by atoms with Crippen molar-refractivity contribution in [3.8, 4) is 0 Å². The van der Waals surface area contributed by atoms with E-state index in [1.165, 1.54) is 0 Å². The highest BCUT2D eigenvalue weighted by Gasteiger charge is 1.95. The second kappa shape index (κ2) is 16.3. The summed E-state index contributed by atoms with van der Waals surface area (Å²) in [7, 11) is 0. The molecule has 7 nitrogen and oxygen atoms in total. The smallest absolute Gasteiger partial charge is 0.219 e. The second-order valence-corrected chi connectivity index (χ2v) is 4.08. The van der Waals surface area contributed by atoms with Gasteiger partial charge in [0.1, 0.15) is 0 Å². The molecule has 0 aliphatic rings. The number of hydrogen-bond acceptors (Lipinski definition) is 6. The largest absolute Gasteiger partial charge is 0.378 e. The van der Waals surface area contributed by atoms with Crippen LogP contribution in [0.3, 0.4) is 0 Å². The quantitative estimate of drug-likeness (QED) is 0.339. The van der Waals surface area contributed by atoms with E-state index in [1.807, 2.05) is 6.92 Å². The van der Waals surface area contributed by atoms with Gasteiger partial charge in [-0.25, -0.2) is 0 Å². The van der Waals surface area contributed by atoms with E-state index >= 15 is 0 Å². The van der Waals surface area contributed by atoms with Crippen molar-refractivity contribution >= 4 is 5.91 Å². The van der Waals surface area contributed by atoms with Crippen LogP contribution in [0.1, 0.15) is 13.3 Å². The summed E-state index contributed by atoms with van der Waals surface area (Å²) in [4.78, 5) is 10.9. The summed E-state index contributed by atoms with van der Waals surface area (Å²) in [5, 5.41) is 5.95. The number of rotatable bonds is 15. The van der Waals surface area contributed by atoms with E-state index in [0.29, 0.717) is 59.2 Å². The predicted octanol–water partition coefficient (Wildman–Crippen LogP) is -0.889. The SMILES string of the molecule is CCC(=O)NCCOCCNCCOCCOCCN. The molecule has 0 unspecified atom stereocenters. The van der Waals surface area contributed by atoms with Crippen LogP contribution in [0.4, 0.5) is 0 Å². The number of nitrogens with one attached hydrogen (secondary N) is 2. The van der Waals surface area contributed by atoms with Crippen molar-refractivity contribution in [2.45, 2.75) is 13.3 Å². The zero-order valence-electron chi connectivity index (χ0n) is 12.5. The van der Waals surface area contributed by atoms with Gasteiger partial charge in [-0.15, -0.1) is 0 Å². The molecule has 0 aliphatic carbocycles. The van der Waals surface area contributed by atoms with Gasteiger partial charge in [0, 0.05) is 32.6 Å². The number of carbonyl (C=O) groups excluding carboxylic acids is 1. The van der Waals surface area contributed by atoms with Gasteiger partial charge in [0.05, 0.1) is 39.6 Å². The highest BCUT2D eigenvalue weighted by Crippen LogP contribution is 1.78. The molecular formula is C13H29N3O4. The van der Waals surface area contributed by atoms with Crippen molar-refractivity contribution in [1.82, 2.24) is 10.6 Å². The minimum atomic E-state index is 0.0549. The van der Waals surface area contributed by atoms with Crippen LogP contribution in [0.15, 0.2) is 0 Å². The van der Waals surface area contributed by atoms with E-state index in [1.54, 1.807) is 0 Å². The zero-order chi connectivity index (χ0) is 14.9. The molecule has 0 aliphatic heterocycles. The number of carbonyl (C=O) groups is 1. The van der Waals surface area contributed by atoms with E-state index < -0.39 is 0 Å². The van der Waals surface area contributed by atoms with E-state index in [0.717, 1.165) is 13.1 Å². The predicted molar refractivity (Wildman–Crippen MR) is 77.7 cm³/mol. The standard InChI is InChI=1S/C13H29N3O4/c1-2-13(17)16-6-10-19-8-4-15-5-9-20-12-11-18-7-3-14/h15H,2-12,14H2,1H3,(H,16,17). The summed E-state index contributed by atoms with van der Waals surface area (Å²) >= 11 is 0. The van der Waals surface area contributed by atoms with Crippen LogP contribution in [-0.2, 0) is 19.0 Å². The van der Waals surface area contributed by atoms with Gasteiger partial charge in [-0.05, 0) is 0 Å². The molecule has 0 rings (SSSR count). The van der Waals surface area contributed by atoms with Gasteiger partial charge >= 0.3 is 0 Å². The molecule has 0 fully saturated rings. The van der Waals surface area contributed by atoms with Crippen LogP contribution >= 0.6 is 0 Å². The highest BCUT2D eigenvalue weighted by molar-refractivity contribution is 5.75. The molecule has 0 spiro atoms. The van der Waals surface area contributed by atoms with Gasteiger partial charge in [0.2, 0.25) is 5.91 Å². The summed E-state index contributed by atoms with van der Waals surface area (Å²) in [6.45, 7) is 8.08. The van der Waals surface area contributed by atoms with Gasteiger partial charge in [0.25, 0.3) is 0 Å². The maximum absolute atomic E-state index is 10.9. The van der Waals surface area contributed by atoms with Crippen LogP contribution in [0.25, 0.3) is 0 Å². The molecule has 0 atom stereocenters. The molecule has 0 aromatic heterocycles. The Morgan fingerprint density at radius 3 is 2.05 bits per heavy atom. The number of ether oxygens (including phenoxy) is 3. The van der Waals surface area contributed by atoms with Crippen molar-refractivity contribution in [1.29, 1.82) is 0 Å². The Labute approximate surface area is 121 Å². The lowest BCUT2D eigenvalue weighted by atomic mass is 10.4. The third-order valence-electron chi connectivity index (χ3n) is 2.37. The fraction of sp³-hybridized carbons (Fsp3) is 0.923. The monoisotopic (exact) mass is 291 g/mol. The fourth-order valence-corrected chi connectivity index (χ4v) is 1.31. The minimum absolute atomic E-state index is 0.0549. The number of nitrogens with two attached hydrogens (primary N) is 1. The maximum Gasteiger partial charge on any atom is 0.219 e. The molecule has 4 N–H and O–H groups in total. The zero-order valence-corrected chi connectivity index (χ0v) is 12.5. The van der Waals surface area contributed by atoms with Gasteiger partial charge in [-0.2, -0.15) is 0 Å². The van der Waals surface area contributed by atoms with E-state index in [2.05, 4.69) is 10.6 Å². The van der Waals surface area contributed by atoms with Gasteiger partial charge < -0.3 is 30.6 Å². The lowest BCUT2D eigenvalue weighted by Gasteiger charge is -2.08. The molecule has 0 aromatic rings. The summed E-state index contributed by atoms with van der Waals surface area (Å²) < 4.78 is 15.9. The van der Waals surface area contributed by atoms with Crippen LogP contribution in [0.2, 0.25) is 0 Å². The first-order valence-corrected chi connectivity index (χ1v) is 7.22. The van der Waals surface area contributed by atoms with Gasteiger partial charge in [-0.3, -0.25) is 4.79 Å². The molecule has 0 heterocycles. The van der Waals surface area contributed by atoms with Crippen LogP contribution in [-0.4, -0.2) is 71.7 Å². The first-order valence-electron chi connectivity index (χ1n) is 7.22. The second-order valence-electron chi connectivity index (χ2n) is 4.08. The van der Waals surface area contributed by atoms with Crippen molar-refractivity contribution in [3.63, 3.8) is 0 Å². The van der Waals surface area contributed by atoms with E-state index in [9.17, 15) is 4.79 Å². The van der Waals surface area contributed by atoms with Crippen LogP contribution < -0.4 is 16.4 Å². The average molecular weight is 291 g/mol. The molecule has 1 amide bonds. The van der Waals surface area contributed by atoms with Crippen LogP contribution in [0.5, 0.6) is 0 Å². The molecule has 7 heteroatoms. The molecule has 120 valence electrons. The molecule has 0 aromatic carbocycles. The van der Waals surface area contributed by atoms with E-state index in [4.69, 9.17) is 19.9 Å². The lowest BCUT2D eigenvalue weighted by molar-refractivity contribution is -0.121. The minimum Gasteiger partial charge on any atom is -0.378 e. The molecule has 0 saturated heterocycles. The number of amides is 1. The molecule has 0 bridgehead atoms. The normalized spacial score (nSPS) is 10.7. The summed E-state index contributed by atoms with van der Waals surface area (Å²) in [6.07, 6.45) is 0.513. The summed E-state index contributed by atoms with van der Waals surface area (Å²) in [6, 6.07) is 0. The Balaban J connectivity index is 2.97. The molecule has 0 radical (unpaired) electrons. The van der Waals surface area contributed by atoms with Crippen molar-refractivity contribution in [2.75, 3.05) is 65.8 Å². The van der Waals surface area contributed by atoms with Gasteiger partial charge in [-0.1, -0.05) is 6.92 Å². The Kier molecular flexibility index (Phi) is 15.7. The Morgan fingerprint density at radius 2 is 1.45 bits per heavy atom. The third-order valence-corrected chi connectivity index (χ3v) is 2.37. The average Bonchev–Trinajstić information content (AvgIpc) is 2.47. The molecular weight excluding hydrogens is 262 g/mol. The van der Waals surface area contributed by atoms with Crippen molar-refractivity contribution in [3.05, 3.63) is 0 Å². The summed E-state index contributed by atoms with van der Waals surface area (Å²) in [5.74, 6) is 0.0549. The van der Waals surface area contributed by atoms with Crippen molar-refractivity contribution < 1.29 is 19.0 Å². The Bertz CT molecular complexity index is 218. The number of hydrogen-bond donors (Lipinski definition) is 3. The highest BCUT2D eigenvalue weighted by atomic mass is 16.5. The third kappa shape index (κ3) is 15.3. The Morgan fingerprint density at radius 1 is 0.900 bits per heavy atom. The van der Waals surface area contributed by atoms with Gasteiger partial charge in [0.15, 0.2) is 0 Å². The Hall–Kier alpha value is -0.730. The topological polar surface area (TPSA) is 94.8 Å².